The van der Waals surface area contributed by atoms with Gasteiger partial charge in [-0.15, -0.1) is 0 Å². The number of furan rings is 1. The van der Waals surface area contributed by atoms with Gasteiger partial charge in [-0.1, -0.05) is 18.2 Å². The molecule has 1 aliphatic heterocycles. The third-order valence-corrected chi connectivity index (χ3v) is 4.11. The van der Waals surface area contributed by atoms with Crippen LogP contribution in [0.4, 0.5) is 4.39 Å². The first-order chi connectivity index (χ1) is 11.3. The van der Waals surface area contributed by atoms with E-state index in [4.69, 9.17) is 4.42 Å². The van der Waals surface area contributed by atoms with Crippen molar-refractivity contribution in [2.75, 3.05) is 6.54 Å². The minimum Gasteiger partial charge on any atom is -0.461 e. The topological polar surface area (TPSA) is 42.2 Å². The van der Waals surface area contributed by atoms with E-state index >= 15 is 0 Å². The molecule has 0 radical (unpaired) electrons. The van der Waals surface area contributed by atoms with Gasteiger partial charge in [-0.25, -0.2) is 14.4 Å². The lowest BCUT2D eigenvalue weighted by Crippen LogP contribution is -2.31. The van der Waals surface area contributed by atoms with E-state index in [1.165, 1.54) is 6.07 Å². The standard InChI is InChI=1S/C18H16FN3O/c19-15-5-2-1-4-13(15)11-22-8-7-16-14(12-22)10-20-18(21-16)17-6-3-9-23-17/h1-6,9-10H,7-8,11-12H2. The Labute approximate surface area is 133 Å². The summed E-state index contributed by atoms with van der Waals surface area (Å²) in [5.41, 5.74) is 2.88. The number of fused-ring (bicyclic) bond motifs is 1. The second-order valence-corrected chi connectivity index (χ2v) is 5.69. The van der Waals surface area contributed by atoms with E-state index in [9.17, 15) is 4.39 Å². The monoisotopic (exact) mass is 309 g/mol. The van der Waals surface area contributed by atoms with Crippen molar-refractivity contribution in [3.8, 4) is 11.6 Å². The number of nitrogens with zero attached hydrogens (tertiary/aromatic N) is 3. The van der Waals surface area contributed by atoms with Crippen LogP contribution in [0.3, 0.4) is 0 Å². The number of hydrogen-bond donors (Lipinski definition) is 0. The minimum atomic E-state index is -0.150. The maximum Gasteiger partial charge on any atom is 0.195 e. The zero-order valence-corrected chi connectivity index (χ0v) is 12.6. The van der Waals surface area contributed by atoms with Crippen LogP contribution in [0.2, 0.25) is 0 Å². The largest absolute Gasteiger partial charge is 0.461 e. The van der Waals surface area contributed by atoms with Crippen LogP contribution < -0.4 is 0 Å². The van der Waals surface area contributed by atoms with Crippen molar-refractivity contribution >= 4 is 0 Å². The molecular weight excluding hydrogens is 293 g/mol. The number of halogens is 1. The average Bonchev–Trinajstić information content (AvgIpc) is 3.11. The van der Waals surface area contributed by atoms with Crippen molar-refractivity contribution < 1.29 is 8.81 Å². The Balaban J connectivity index is 1.53. The summed E-state index contributed by atoms with van der Waals surface area (Å²) >= 11 is 0. The van der Waals surface area contributed by atoms with Crippen LogP contribution in [0, 0.1) is 5.82 Å². The Morgan fingerprint density at radius 2 is 2.09 bits per heavy atom. The smallest absolute Gasteiger partial charge is 0.195 e. The number of hydrogen-bond acceptors (Lipinski definition) is 4. The minimum absolute atomic E-state index is 0.150. The van der Waals surface area contributed by atoms with Gasteiger partial charge in [0.1, 0.15) is 5.82 Å². The first-order valence-corrected chi connectivity index (χ1v) is 7.64. The third kappa shape index (κ3) is 2.87. The highest BCUT2D eigenvalue weighted by atomic mass is 19.1. The fourth-order valence-electron chi connectivity index (χ4n) is 2.90. The Morgan fingerprint density at radius 1 is 1.17 bits per heavy atom. The molecule has 0 unspecified atom stereocenters. The van der Waals surface area contributed by atoms with E-state index in [-0.39, 0.29) is 5.82 Å². The number of benzene rings is 1. The Kier molecular flexibility index (Phi) is 3.63. The van der Waals surface area contributed by atoms with Gasteiger partial charge in [0, 0.05) is 43.4 Å². The van der Waals surface area contributed by atoms with Gasteiger partial charge in [0.2, 0.25) is 0 Å². The molecule has 0 saturated carbocycles. The highest BCUT2D eigenvalue weighted by Gasteiger charge is 2.20. The first-order valence-electron chi connectivity index (χ1n) is 7.64. The fraction of sp³-hybridized carbons (Fsp3) is 0.222. The molecule has 3 aromatic rings. The summed E-state index contributed by atoms with van der Waals surface area (Å²) < 4.78 is 19.1. The molecule has 1 aromatic carbocycles. The highest BCUT2D eigenvalue weighted by Crippen LogP contribution is 2.22. The summed E-state index contributed by atoms with van der Waals surface area (Å²) in [4.78, 5) is 11.2. The van der Waals surface area contributed by atoms with E-state index in [0.717, 1.165) is 36.3 Å². The zero-order valence-electron chi connectivity index (χ0n) is 12.6. The summed E-state index contributed by atoms with van der Waals surface area (Å²) in [6, 6.07) is 10.6. The quantitative estimate of drug-likeness (QED) is 0.743. The van der Waals surface area contributed by atoms with E-state index in [0.29, 0.717) is 18.1 Å². The van der Waals surface area contributed by atoms with E-state index in [2.05, 4.69) is 14.9 Å². The summed E-state index contributed by atoms with van der Waals surface area (Å²) in [7, 11) is 0. The zero-order chi connectivity index (χ0) is 15.6. The Morgan fingerprint density at radius 3 is 2.91 bits per heavy atom. The Hall–Kier alpha value is -2.53. The predicted octanol–water partition coefficient (Wildman–Crippen LogP) is 3.43. The molecule has 116 valence electrons. The molecule has 0 aliphatic carbocycles. The third-order valence-electron chi connectivity index (χ3n) is 4.11. The maximum atomic E-state index is 13.8. The van der Waals surface area contributed by atoms with Crippen molar-refractivity contribution in [1.82, 2.24) is 14.9 Å². The van der Waals surface area contributed by atoms with Crippen molar-refractivity contribution in [1.29, 1.82) is 0 Å². The van der Waals surface area contributed by atoms with Crippen LogP contribution in [0.15, 0.2) is 53.3 Å². The average molecular weight is 309 g/mol. The van der Waals surface area contributed by atoms with Gasteiger partial charge in [-0.2, -0.15) is 0 Å². The molecule has 0 atom stereocenters. The van der Waals surface area contributed by atoms with Crippen LogP contribution >= 0.6 is 0 Å². The molecule has 0 bridgehead atoms. The lowest BCUT2D eigenvalue weighted by atomic mass is 10.1. The van der Waals surface area contributed by atoms with Gasteiger partial charge >= 0.3 is 0 Å². The predicted molar refractivity (Wildman–Crippen MR) is 84.0 cm³/mol. The van der Waals surface area contributed by atoms with Crippen LogP contribution in [0.5, 0.6) is 0 Å². The molecule has 5 heteroatoms. The molecule has 0 N–H and O–H groups in total. The molecule has 4 rings (SSSR count). The van der Waals surface area contributed by atoms with Gasteiger partial charge in [-0.3, -0.25) is 4.90 Å². The summed E-state index contributed by atoms with van der Waals surface area (Å²) in [6.07, 6.45) is 4.31. The van der Waals surface area contributed by atoms with Crippen LogP contribution in [-0.2, 0) is 19.5 Å². The van der Waals surface area contributed by atoms with Crippen LogP contribution in [0.25, 0.3) is 11.6 Å². The molecule has 3 heterocycles. The molecule has 0 saturated heterocycles. The molecular formula is C18H16FN3O. The second kappa shape index (κ2) is 5.93. The van der Waals surface area contributed by atoms with Crippen LogP contribution in [0.1, 0.15) is 16.8 Å². The molecule has 0 spiro atoms. The van der Waals surface area contributed by atoms with Crippen molar-refractivity contribution in [2.45, 2.75) is 19.5 Å². The van der Waals surface area contributed by atoms with Gasteiger partial charge in [-0.05, 0) is 18.2 Å². The SMILES string of the molecule is Fc1ccccc1CN1CCc2nc(-c3ccco3)ncc2C1. The van der Waals surface area contributed by atoms with Crippen LogP contribution in [-0.4, -0.2) is 21.4 Å². The number of aromatic nitrogens is 2. The maximum absolute atomic E-state index is 13.8. The second-order valence-electron chi connectivity index (χ2n) is 5.69. The molecule has 23 heavy (non-hydrogen) atoms. The number of rotatable bonds is 3. The fourth-order valence-corrected chi connectivity index (χ4v) is 2.90. The summed E-state index contributed by atoms with van der Waals surface area (Å²) in [5.74, 6) is 1.15. The van der Waals surface area contributed by atoms with Gasteiger partial charge < -0.3 is 4.42 Å². The normalized spacial score (nSPS) is 14.7. The van der Waals surface area contributed by atoms with E-state index in [1.54, 1.807) is 12.3 Å². The van der Waals surface area contributed by atoms with E-state index in [1.807, 2.05) is 30.5 Å². The molecule has 4 nitrogen and oxygen atoms in total. The molecule has 2 aromatic heterocycles. The van der Waals surface area contributed by atoms with E-state index < -0.39 is 0 Å². The van der Waals surface area contributed by atoms with Gasteiger partial charge in [0.15, 0.2) is 11.6 Å². The highest BCUT2D eigenvalue weighted by molar-refractivity contribution is 5.46. The lowest BCUT2D eigenvalue weighted by molar-refractivity contribution is 0.239. The van der Waals surface area contributed by atoms with Crippen molar-refractivity contribution in [3.63, 3.8) is 0 Å². The summed E-state index contributed by atoms with van der Waals surface area (Å²) in [5, 5.41) is 0. The van der Waals surface area contributed by atoms with Crippen molar-refractivity contribution in [3.05, 3.63) is 71.5 Å². The van der Waals surface area contributed by atoms with Gasteiger partial charge in [0.25, 0.3) is 0 Å². The lowest BCUT2D eigenvalue weighted by Gasteiger charge is -2.28. The summed E-state index contributed by atoms with van der Waals surface area (Å²) in [6.45, 7) is 2.20. The van der Waals surface area contributed by atoms with Crippen molar-refractivity contribution in [2.24, 2.45) is 0 Å². The van der Waals surface area contributed by atoms with Gasteiger partial charge in [0.05, 0.1) is 12.0 Å². The molecule has 1 aliphatic rings. The Bertz CT molecular complexity index is 817. The molecule has 0 fully saturated rings. The molecule has 0 amide bonds. The first kappa shape index (κ1) is 14.1.